The van der Waals surface area contributed by atoms with Crippen LogP contribution in [0.15, 0.2) is 17.0 Å². The smallest absolute Gasteiger partial charge is 0.243 e. The number of rotatable bonds is 5. The number of amides is 1. The Hall–Kier alpha value is -1.31. The molecule has 0 saturated heterocycles. The number of benzene rings is 1. The van der Waals surface area contributed by atoms with Crippen LogP contribution < -0.4 is 11.1 Å². The minimum absolute atomic E-state index is 0.00861. The number of halogens is 1. The topological polar surface area (TPSA) is 92.5 Å². The van der Waals surface area contributed by atoms with Crippen molar-refractivity contribution in [2.45, 2.75) is 18.7 Å². The normalized spacial score (nSPS) is 11.7. The van der Waals surface area contributed by atoms with E-state index in [1.54, 1.807) is 13.8 Å². The van der Waals surface area contributed by atoms with Crippen molar-refractivity contribution in [1.82, 2.24) is 9.62 Å². The van der Waals surface area contributed by atoms with Gasteiger partial charge < -0.3 is 11.1 Å². The van der Waals surface area contributed by atoms with E-state index in [1.165, 1.54) is 19.2 Å². The lowest BCUT2D eigenvalue weighted by atomic mass is 10.2. The average molecular weight is 320 g/mol. The monoisotopic (exact) mass is 319 g/mol. The first-order chi connectivity index (χ1) is 9.20. The zero-order valence-corrected chi connectivity index (χ0v) is 13.2. The summed E-state index contributed by atoms with van der Waals surface area (Å²) in [6.45, 7) is 3.53. The van der Waals surface area contributed by atoms with Crippen molar-refractivity contribution >= 4 is 33.2 Å². The number of likely N-dealkylation sites (N-methyl/N-ethyl adjacent to an activating group) is 2. The Morgan fingerprint density at radius 1 is 1.45 bits per heavy atom. The molecule has 0 saturated carbocycles. The molecule has 0 spiro atoms. The van der Waals surface area contributed by atoms with Gasteiger partial charge in [0.15, 0.2) is 0 Å². The van der Waals surface area contributed by atoms with Gasteiger partial charge in [-0.1, -0.05) is 11.6 Å². The average Bonchev–Trinajstić information content (AvgIpc) is 2.33. The quantitative estimate of drug-likeness (QED) is 0.791. The summed E-state index contributed by atoms with van der Waals surface area (Å²) < 4.78 is 25.8. The number of nitrogens with one attached hydrogen (secondary N) is 1. The molecule has 0 radical (unpaired) electrons. The lowest BCUT2D eigenvalue weighted by Crippen LogP contribution is -2.38. The molecule has 0 atom stereocenters. The SMILES string of the molecule is CCNC(=O)CN(C)S(=O)(=O)c1cc(Cl)cc(N)c1C. The number of sulfonamides is 1. The van der Waals surface area contributed by atoms with Crippen LogP contribution in [0.3, 0.4) is 0 Å². The van der Waals surface area contributed by atoms with Crippen LogP contribution in [0.25, 0.3) is 0 Å². The second kappa shape index (κ2) is 6.43. The van der Waals surface area contributed by atoms with E-state index in [-0.39, 0.29) is 22.4 Å². The van der Waals surface area contributed by atoms with Gasteiger partial charge in [-0.2, -0.15) is 4.31 Å². The summed E-state index contributed by atoms with van der Waals surface area (Å²) in [4.78, 5) is 11.5. The van der Waals surface area contributed by atoms with E-state index in [1.807, 2.05) is 0 Å². The maximum absolute atomic E-state index is 12.4. The predicted molar refractivity (Wildman–Crippen MR) is 79.1 cm³/mol. The Kier molecular flexibility index (Phi) is 5.38. The van der Waals surface area contributed by atoms with Crippen molar-refractivity contribution in [3.05, 3.63) is 22.7 Å². The van der Waals surface area contributed by atoms with Crippen molar-refractivity contribution in [1.29, 1.82) is 0 Å². The molecule has 1 aromatic rings. The lowest BCUT2D eigenvalue weighted by molar-refractivity contribution is -0.121. The van der Waals surface area contributed by atoms with Gasteiger partial charge in [-0.15, -0.1) is 0 Å². The number of nitrogen functional groups attached to an aromatic ring is 1. The molecule has 0 bridgehead atoms. The fraction of sp³-hybridized carbons (Fsp3) is 0.417. The van der Waals surface area contributed by atoms with Crippen LogP contribution in [0.4, 0.5) is 5.69 Å². The highest BCUT2D eigenvalue weighted by atomic mass is 35.5. The maximum Gasteiger partial charge on any atom is 0.243 e. The van der Waals surface area contributed by atoms with Crippen molar-refractivity contribution in [3.8, 4) is 0 Å². The van der Waals surface area contributed by atoms with Gasteiger partial charge in [0.25, 0.3) is 0 Å². The zero-order chi connectivity index (χ0) is 15.5. The van der Waals surface area contributed by atoms with Crippen LogP contribution >= 0.6 is 11.6 Å². The highest BCUT2D eigenvalue weighted by molar-refractivity contribution is 7.89. The van der Waals surface area contributed by atoms with Crippen LogP contribution in [0.1, 0.15) is 12.5 Å². The fourth-order valence-electron chi connectivity index (χ4n) is 1.65. The van der Waals surface area contributed by atoms with Crippen LogP contribution in [0.2, 0.25) is 5.02 Å². The summed E-state index contributed by atoms with van der Waals surface area (Å²) in [5.41, 5.74) is 6.43. The molecule has 0 fully saturated rings. The molecule has 1 rings (SSSR count). The maximum atomic E-state index is 12.4. The van der Waals surface area contributed by atoms with Crippen molar-refractivity contribution < 1.29 is 13.2 Å². The molecule has 0 aliphatic rings. The predicted octanol–water partition coefficient (Wildman–Crippen LogP) is 0.987. The molecule has 8 heteroatoms. The van der Waals surface area contributed by atoms with Gasteiger partial charge in [0.05, 0.1) is 11.4 Å². The van der Waals surface area contributed by atoms with E-state index in [0.717, 1.165) is 4.31 Å². The van der Waals surface area contributed by atoms with Crippen molar-refractivity contribution in [2.24, 2.45) is 0 Å². The molecule has 0 aromatic heterocycles. The minimum Gasteiger partial charge on any atom is -0.398 e. The second-order valence-corrected chi connectivity index (χ2v) is 6.78. The number of carbonyl (C=O) groups excluding carboxylic acids is 1. The van der Waals surface area contributed by atoms with E-state index in [0.29, 0.717) is 17.8 Å². The lowest BCUT2D eigenvalue weighted by Gasteiger charge is -2.19. The molecule has 20 heavy (non-hydrogen) atoms. The van der Waals surface area contributed by atoms with E-state index in [9.17, 15) is 13.2 Å². The molecule has 1 aromatic carbocycles. The minimum atomic E-state index is -3.82. The van der Waals surface area contributed by atoms with Gasteiger partial charge in [-0.3, -0.25) is 4.79 Å². The molecule has 0 unspecified atom stereocenters. The Labute approximate surface area is 123 Å². The van der Waals surface area contributed by atoms with Gasteiger partial charge in [0, 0.05) is 24.3 Å². The van der Waals surface area contributed by atoms with Gasteiger partial charge in [-0.05, 0) is 31.5 Å². The number of hydrogen-bond acceptors (Lipinski definition) is 4. The standard InChI is InChI=1S/C12H18ClN3O3S/c1-4-15-12(17)7-16(3)20(18,19)11-6-9(13)5-10(14)8(11)2/h5-6H,4,7,14H2,1-3H3,(H,15,17). The Bertz CT molecular complexity index is 617. The summed E-state index contributed by atoms with van der Waals surface area (Å²) in [5.74, 6) is -0.369. The van der Waals surface area contributed by atoms with Crippen molar-refractivity contribution in [2.75, 3.05) is 25.9 Å². The molecule has 1 amide bonds. The summed E-state index contributed by atoms with van der Waals surface area (Å²) in [5, 5.41) is 2.78. The number of nitrogens with two attached hydrogens (primary N) is 1. The summed E-state index contributed by atoms with van der Waals surface area (Å²) in [6, 6.07) is 2.82. The molecule has 0 aliphatic heterocycles. The van der Waals surface area contributed by atoms with E-state index in [2.05, 4.69) is 5.32 Å². The first kappa shape index (κ1) is 16.7. The van der Waals surface area contributed by atoms with E-state index in [4.69, 9.17) is 17.3 Å². The van der Waals surface area contributed by atoms with Gasteiger partial charge in [0.1, 0.15) is 0 Å². The molecule has 0 aliphatic carbocycles. The number of anilines is 1. The van der Waals surface area contributed by atoms with Crippen molar-refractivity contribution in [3.63, 3.8) is 0 Å². The van der Waals surface area contributed by atoms with Crippen LogP contribution in [0, 0.1) is 6.92 Å². The van der Waals surface area contributed by atoms with E-state index < -0.39 is 10.0 Å². The number of nitrogens with zero attached hydrogens (tertiary/aromatic N) is 1. The van der Waals surface area contributed by atoms with Gasteiger partial charge in [-0.25, -0.2) is 8.42 Å². The molecular weight excluding hydrogens is 302 g/mol. The van der Waals surface area contributed by atoms with Gasteiger partial charge in [0.2, 0.25) is 15.9 Å². The van der Waals surface area contributed by atoms with Crippen LogP contribution in [-0.4, -0.2) is 38.8 Å². The Morgan fingerprint density at radius 3 is 2.60 bits per heavy atom. The third-order valence-corrected chi connectivity index (χ3v) is 4.94. The highest BCUT2D eigenvalue weighted by Gasteiger charge is 2.25. The first-order valence-corrected chi connectivity index (χ1v) is 7.80. The van der Waals surface area contributed by atoms with Crippen LogP contribution in [-0.2, 0) is 14.8 Å². The van der Waals surface area contributed by atoms with E-state index >= 15 is 0 Å². The first-order valence-electron chi connectivity index (χ1n) is 5.98. The molecule has 0 heterocycles. The fourth-order valence-corrected chi connectivity index (χ4v) is 3.35. The molecule has 3 N–H and O–H groups in total. The number of carbonyl (C=O) groups is 1. The third kappa shape index (κ3) is 3.62. The van der Waals surface area contributed by atoms with Gasteiger partial charge >= 0.3 is 0 Å². The Morgan fingerprint density at radius 2 is 2.05 bits per heavy atom. The highest BCUT2D eigenvalue weighted by Crippen LogP contribution is 2.27. The molecular formula is C12H18ClN3O3S. The summed E-state index contributed by atoms with van der Waals surface area (Å²) >= 11 is 5.85. The Balaban J connectivity index is 3.14. The number of hydrogen-bond donors (Lipinski definition) is 2. The zero-order valence-electron chi connectivity index (χ0n) is 11.6. The largest absolute Gasteiger partial charge is 0.398 e. The summed E-state index contributed by atoms with van der Waals surface area (Å²) in [7, 11) is -2.49. The molecule has 112 valence electrons. The molecule has 6 nitrogen and oxygen atoms in total. The third-order valence-electron chi connectivity index (χ3n) is 2.79. The van der Waals surface area contributed by atoms with Crippen LogP contribution in [0.5, 0.6) is 0 Å². The second-order valence-electron chi connectivity index (χ2n) is 4.33. The summed E-state index contributed by atoms with van der Waals surface area (Å²) in [6.07, 6.45) is 0.